The molecule has 0 atom stereocenters. The van der Waals surface area contributed by atoms with Crippen molar-refractivity contribution in [3.63, 3.8) is 0 Å². The van der Waals surface area contributed by atoms with Crippen LogP contribution < -0.4 is 4.72 Å². The number of hydrogen-bond acceptors (Lipinski definition) is 5. The molecule has 0 fully saturated rings. The molecule has 7 nitrogen and oxygen atoms in total. The Morgan fingerprint density at radius 1 is 1.33 bits per heavy atom. The third kappa shape index (κ3) is 3.95. The van der Waals surface area contributed by atoms with E-state index in [1.54, 1.807) is 6.07 Å². The van der Waals surface area contributed by atoms with Crippen molar-refractivity contribution in [1.82, 2.24) is 14.7 Å². The Balaban J connectivity index is 2.24. The van der Waals surface area contributed by atoms with Crippen molar-refractivity contribution in [3.05, 3.63) is 51.6 Å². The van der Waals surface area contributed by atoms with Gasteiger partial charge in [0.25, 0.3) is 0 Å². The van der Waals surface area contributed by atoms with Crippen molar-refractivity contribution >= 4 is 38.6 Å². The van der Waals surface area contributed by atoms with Crippen LogP contribution in [0.15, 0.2) is 41.7 Å². The Labute approximate surface area is 134 Å². The van der Waals surface area contributed by atoms with Gasteiger partial charge in [-0.25, -0.2) is 27.9 Å². The molecule has 2 aromatic rings. The topological polar surface area (TPSA) is 109 Å². The predicted octanol–water partition coefficient (Wildman–Crippen LogP) is 1.26. The van der Waals surface area contributed by atoms with Gasteiger partial charge in [0.1, 0.15) is 6.33 Å². The summed E-state index contributed by atoms with van der Waals surface area (Å²) in [6, 6.07) is 5.52. The summed E-state index contributed by atoms with van der Waals surface area (Å²) in [6.45, 7) is -0.000749. The van der Waals surface area contributed by atoms with Gasteiger partial charge >= 0.3 is 5.97 Å². The molecule has 21 heavy (non-hydrogen) atoms. The Morgan fingerprint density at radius 3 is 2.71 bits per heavy atom. The van der Waals surface area contributed by atoms with Gasteiger partial charge in [-0.3, -0.25) is 0 Å². The number of hydrogen-bond donors (Lipinski definition) is 2. The van der Waals surface area contributed by atoms with Crippen LogP contribution in [0.4, 0.5) is 0 Å². The first-order chi connectivity index (χ1) is 9.90. The van der Waals surface area contributed by atoms with Crippen molar-refractivity contribution in [2.45, 2.75) is 11.4 Å². The van der Waals surface area contributed by atoms with Gasteiger partial charge in [-0.05, 0) is 46.9 Å². The quantitative estimate of drug-likeness (QED) is 0.707. The minimum atomic E-state index is -3.81. The monoisotopic (exact) mass is 419 g/mol. The molecule has 2 N–H and O–H groups in total. The zero-order chi connectivity index (χ0) is 15.5. The molecule has 0 aliphatic heterocycles. The molecule has 0 spiro atoms. The Morgan fingerprint density at radius 2 is 2.10 bits per heavy atom. The molecule has 0 aliphatic rings. The largest absolute Gasteiger partial charge is 0.478 e. The first-order valence-corrected chi connectivity index (χ1v) is 8.24. The van der Waals surface area contributed by atoms with E-state index in [2.05, 4.69) is 14.7 Å². The SMILES string of the molecule is O=C(O)c1cc(S(=O)(=O)NCc2ccncn2)ccc1I. The molecule has 9 heteroatoms. The van der Waals surface area contributed by atoms with Crippen LogP contribution in [0.2, 0.25) is 0 Å². The minimum Gasteiger partial charge on any atom is -0.478 e. The first-order valence-electron chi connectivity index (χ1n) is 5.67. The van der Waals surface area contributed by atoms with Crippen LogP contribution in [0.25, 0.3) is 0 Å². The molecule has 0 aliphatic carbocycles. The molecule has 0 saturated heterocycles. The number of nitrogens with zero attached hydrogens (tertiary/aromatic N) is 2. The lowest BCUT2D eigenvalue weighted by Crippen LogP contribution is -2.24. The summed E-state index contributed by atoms with van der Waals surface area (Å²) in [5.74, 6) is -1.17. The van der Waals surface area contributed by atoms with Gasteiger partial charge in [-0.1, -0.05) is 0 Å². The fraction of sp³-hybridized carbons (Fsp3) is 0.0833. The Hall–Kier alpha value is -1.59. The molecule has 0 radical (unpaired) electrons. The highest BCUT2D eigenvalue weighted by Crippen LogP contribution is 2.18. The van der Waals surface area contributed by atoms with Gasteiger partial charge in [0.05, 0.1) is 22.7 Å². The lowest BCUT2D eigenvalue weighted by atomic mass is 10.2. The van der Waals surface area contributed by atoms with Crippen LogP contribution in [0.1, 0.15) is 16.1 Å². The lowest BCUT2D eigenvalue weighted by molar-refractivity contribution is 0.0695. The summed E-state index contributed by atoms with van der Waals surface area (Å²) in [5.41, 5.74) is 0.457. The summed E-state index contributed by atoms with van der Waals surface area (Å²) < 4.78 is 27.1. The highest BCUT2D eigenvalue weighted by molar-refractivity contribution is 14.1. The van der Waals surface area contributed by atoms with Crippen molar-refractivity contribution in [2.24, 2.45) is 0 Å². The van der Waals surface area contributed by atoms with Crippen LogP contribution in [0.5, 0.6) is 0 Å². The number of carboxylic acid groups (broad SMARTS) is 1. The average Bonchev–Trinajstić information content (AvgIpc) is 2.46. The Bertz CT molecular complexity index is 765. The molecular weight excluding hydrogens is 409 g/mol. The molecule has 0 amide bonds. The van der Waals surface area contributed by atoms with E-state index in [-0.39, 0.29) is 17.0 Å². The van der Waals surface area contributed by atoms with Gasteiger partial charge < -0.3 is 5.11 Å². The van der Waals surface area contributed by atoms with Crippen molar-refractivity contribution < 1.29 is 18.3 Å². The fourth-order valence-electron chi connectivity index (χ4n) is 1.51. The number of carboxylic acids is 1. The van der Waals surface area contributed by atoms with Gasteiger partial charge in [-0.2, -0.15) is 0 Å². The van der Waals surface area contributed by atoms with Gasteiger partial charge in [0.15, 0.2) is 0 Å². The molecule has 0 saturated carbocycles. The zero-order valence-electron chi connectivity index (χ0n) is 10.5. The van der Waals surface area contributed by atoms with Crippen LogP contribution in [0.3, 0.4) is 0 Å². The van der Waals surface area contributed by atoms with Crippen molar-refractivity contribution in [2.75, 3.05) is 0 Å². The summed E-state index contributed by atoms with van der Waals surface area (Å²) in [5, 5.41) is 9.03. The summed E-state index contributed by atoms with van der Waals surface area (Å²) >= 11 is 1.84. The van der Waals surface area contributed by atoms with Gasteiger partial charge in [0, 0.05) is 9.77 Å². The van der Waals surface area contributed by atoms with E-state index in [0.29, 0.717) is 9.26 Å². The molecule has 0 bridgehead atoms. The number of benzene rings is 1. The van der Waals surface area contributed by atoms with Crippen molar-refractivity contribution in [3.8, 4) is 0 Å². The second-order valence-corrected chi connectivity index (χ2v) is 6.90. The molecule has 1 aromatic heterocycles. The average molecular weight is 419 g/mol. The second kappa shape index (κ2) is 6.45. The van der Waals surface area contributed by atoms with E-state index in [0.717, 1.165) is 6.07 Å². The summed E-state index contributed by atoms with van der Waals surface area (Å²) in [6.07, 6.45) is 2.82. The maximum Gasteiger partial charge on any atom is 0.336 e. The van der Waals surface area contributed by atoms with E-state index in [1.165, 1.54) is 24.7 Å². The second-order valence-electron chi connectivity index (χ2n) is 3.97. The van der Waals surface area contributed by atoms with E-state index < -0.39 is 16.0 Å². The maximum atomic E-state index is 12.1. The van der Waals surface area contributed by atoms with Gasteiger partial charge in [0.2, 0.25) is 10.0 Å². The van der Waals surface area contributed by atoms with E-state index >= 15 is 0 Å². The standard InChI is InChI=1S/C12H10IN3O4S/c13-11-2-1-9(5-10(11)12(17)18)21(19,20)16-6-8-3-4-14-7-15-8/h1-5,7,16H,6H2,(H,17,18). The van der Waals surface area contributed by atoms with Crippen LogP contribution >= 0.6 is 22.6 Å². The number of aromatic carboxylic acids is 1. The molecule has 1 aromatic carbocycles. The van der Waals surface area contributed by atoms with Crippen LogP contribution in [-0.2, 0) is 16.6 Å². The third-order valence-electron chi connectivity index (χ3n) is 2.57. The number of nitrogens with one attached hydrogen (secondary N) is 1. The summed E-state index contributed by atoms with van der Waals surface area (Å²) in [7, 11) is -3.81. The molecule has 110 valence electrons. The fourth-order valence-corrected chi connectivity index (χ4v) is 3.10. The molecular formula is C12H10IN3O4S. The van der Waals surface area contributed by atoms with Crippen LogP contribution in [0, 0.1) is 3.57 Å². The highest BCUT2D eigenvalue weighted by Gasteiger charge is 2.18. The third-order valence-corrected chi connectivity index (χ3v) is 4.90. The first kappa shape index (κ1) is 15.8. The van der Waals surface area contributed by atoms with Gasteiger partial charge in [-0.15, -0.1) is 0 Å². The molecule has 2 rings (SSSR count). The summed E-state index contributed by atoms with van der Waals surface area (Å²) in [4.78, 5) is 18.6. The zero-order valence-corrected chi connectivity index (χ0v) is 13.5. The highest BCUT2D eigenvalue weighted by atomic mass is 127. The smallest absolute Gasteiger partial charge is 0.336 e. The molecule has 1 heterocycles. The van der Waals surface area contributed by atoms with Crippen molar-refractivity contribution in [1.29, 1.82) is 0 Å². The van der Waals surface area contributed by atoms with Crippen LogP contribution in [-0.4, -0.2) is 29.5 Å². The predicted molar refractivity (Wildman–Crippen MR) is 82.2 cm³/mol. The number of rotatable bonds is 5. The normalized spacial score (nSPS) is 11.3. The lowest BCUT2D eigenvalue weighted by Gasteiger charge is -2.08. The Kier molecular flexibility index (Phi) is 4.85. The number of halogens is 1. The maximum absolute atomic E-state index is 12.1. The number of carbonyl (C=O) groups is 1. The van der Waals surface area contributed by atoms with E-state index in [9.17, 15) is 13.2 Å². The van der Waals surface area contributed by atoms with E-state index in [4.69, 9.17) is 5.11 Å². The number of sulfonamides is 1. The van der Waals surface area contributed by atoms with E-state index in [1.807, 2.05) is 22.6 Å². The minimum absolute atomic E-state index is 0.000749. The molecule has 0 unspecified atom stereocenters. The number of aromatic nitrogens is 2.